The average Bonchev–Trinajstić information content (AvgIpc) is 1.96. The lowest BCUT2D eigenvalue weighted by atomic mass is 10.0. The first-order valence-corrected chi connectivity index (χ1v) is 4.91. The van der Waals surface area contributed by atoms with E-state index in [0.717, 1.165) is 12.3 Å². The summed E-state index contributed by atoms with van der Waals surface area (Å²) in [5.41, 5.74) is 0. The third-order valence-corrected chi connectivity index (χ3v) is 1.97. The van der Waals surface area contributed by atoms with Gasteiger partial charge in [0.2, 0.25) is 0 Å². The van der Waals surface area contributed by atoms with E-state index < -0.39 is 0 Å². The van der Waals surface area contributed by atoms with Crippen molar-refractivity contribution in [3.8, 4) is 0 Å². The van der Waals surface area contributed by atoms with Gasteiger partial charge in [0.1, 0.15) is 0 Å². The van der Waals surface area contributed by atoms with Gasteiger partial charge in [0.25, 0.3) is 0 Å². The minimum absolute atomic E-state index is 0.616. The highest BCUT2D eigenvalue weighted by Crippen LogP contribution is 2.10. The number of hydrogen-bond donors (Lipinski definition) is 0. The zero-order valence-corrected chi connectivity index (χ0v) is 9.17. The molecule has 1 atom stereocenters. The van der Waals surface area contributed by atoms with Crippen molar-refractivity contribution >= 4 is 0 Å². The topological polar surface area (TPSA) is 3.24 Å². The molecule has 72 valence electrons. The summed E-state index contributed by atoms with van der Waals surface area (Å²) in [5, 5.41) is 0. The monoisotopic (exact) mass is 169 g/mol. The molecule has 1 nitrogen and oxygen atoms in total. The van der Waals surface area contributed by atoms with Gasteiger partial charge < -0.3 is 4.90 Å². The second kappa shape index (κ2) is 6.24. The summed E-state index contributed by atoms with van der Waals surface area (Å²) >= 11 is 0. The second-order valence-corrected chi connectivity index (χ2v) is 4.00. The van der Waals surface area contributed by atoms with Crippen molar-refractivity contribution in [1.29, 1.82) is 0 Å². The molecule has 0 N–H and O–H groups in total. The molecule has 0 aliphatic heterocycles. The molecule has 0 rings (SSSR count). The number of rotatable bonds is 5. The molecule has 1 unspecified atom stereocenters. The van der Waals surface area contributed by atoms with Crippen LogP contribution in [-0.4, -0.2) is 25.0 Å². The molecule has 0 bridgehead atoms. The Balaban J connectivity index is 3.95. The summed E-state index contributed by atoms with van der Waals surface area (Å²) in [5.74, 6) is 0.777. The SMILES string of the molecule is CC/C=C\C(CC(C)C)N(C)C. The van der Waals surface area contributed by atoms with E-state index in [2.05, 4.69) is 51.9 Å². The van der Waals surface area contributed by atoms with Gasteiger partial charge >= 0.3 is 0 Å². The van der Waals surface area contributed by atoms with Crippen LogP contribution in [0.3, 0.4) is 0 Å². The normalized spacial score (nSPS) is 14.9. The lowest BCUT2D eigenvalue weighted by Crippen LogP contribution is -2.27. The zero-order chi connectivity index (χ0) is 9.56. The first-order chi connectivity index (χ1) is 5.57. The van der Waals surface area contributed by atoms with Crippen molar-refractivity contribution in [2.24, 2.45) is 5.92 Å². The first-order valence-electron chi connectivity index (χ1n) is 4.91. The Kier molecular flexibility index (Phi) is 6.09. The minimum atomic E-state index is 0.616. The molecular weight excluding hydrogens is 146 g/mol. The van der Waals surface area contributed by atoms with Crippen LogP contribution in [0.2, 0.25) is 0 Å². The maximum absolute atomic E-state index is 2.32. The van der Waals surface area contributed by atoms with Crippen LogP contribution in [-0.2, 0) is 0 Å². The summed E-state index contributed by atoms with van der Waals surface area (Å²) < 4.78 is 0. The second-order valence-electron chi connectivity index (χ2n) is 4.00. The Morgan fingerprint density at radius 1 is 1.25 bits per heavy atom. The van der Waals surface area contributed by atoms with Crippen molar-refractivity contribution < 1.29 is 0 Å². The quantitative estimate of drug-likeness (QED) is 0.572. The van der Waals surface area contributed by atoms with E-state index in [1.165, 1.54) is 6.42 Å². The van der Waals surface area contributed by atoms with Gasteiger partial charge in [-0.1, -0.05) is 32.9 Å². The van der Waals surface area contributed by atoms with E-state index >= 15 is 0 Å². The largest absolute Gasteiger partial charge is 0.303 e. The van der Waals surface area contributed by atoms with Gasteiger partial charge in [-0.15, -0.1) is 0 Å². The van der Waals surface area contributed by atoms with Gasteiger partial charge in [0.05, 0.1) is 0 Å². The molecule has 0 aromatic rings. The molecule has 0 heterocycles. The fourth-order valence-corrected chi connectivity index (χ4v) is 1.24. The fourth-order valence-electron chi connectivity index (χ4n) is 1.24. The van der Waals surface area contributed by atoms with Crippen LogP contribution in [0.25, 0.3) is 0 Å². The summed E-state index contributed by atoms with van der Waals surface area (Å²) in [6, 6.07) is 0.616. The fraction of sp³-hybridized carbons (Fsp3) is 0.818. The van der Waals surface area contributed by atoms with Crippen molar-refractivity contribution in [3.05, 3.63) is 12.2 Å². The average molecular weight is 169 g/mol. The highest BCUT2D eigenvalue weighted by molar-refractivity contribution is 4.92. The molecule has 0 aromatic heterocycles. The van der Waals surface area contributed by atoms with Gasteiger partial charge in [-0.3, -0.25) is 0 Å². The van der Waals surface area contributed by atoms with E-state index in [1.54, 1.807) is 0 Å². The molecule has 0 aliphatic carbocycles. The number of nitrogens with zero attached hydrogens (tertiary/aromatic N) is 1. The van der Waals surface area contributed by atoms with Crippen LogP contribution < -0.4 is 0 Å². The molecule has 0 radical (unpaired) electrons. The van der Waals surface area contributed by atoms with Crippen molar-refractivity contribution in [3.63, 3.8) is 0 Å². The first kappa shape index (κ1) is 11.7. The molecule has 0 spiro atoms. The summed E-state index contributed by atoms with van der Waals surface area (Å²) in [4.78, 5) is 2.28. The highest BCUT2D eigenvalue weighted by atomic mass is 15.1. The lowest BCUT2D eigenvalue weighted by molar-refractivity contribution is 0.300. The van der Waals surface area contributed by atoms with Gasteiger partial charge in [0.15, 0.2) is 0 Å². The van der Waals surface area contributed by atoms with Crippen LogP contribution >= 0.6 is 0 Å². The molecule has 0 saturated heterocycles. The molecule has 12 heavy (non-hydrogen) atoms. The van der Waals surface area contributed by atoms with Gasteiger partial charge in [-0.25, -0.2) is 0 Å². The maximum Gasteiger partial charge on any atom is 0.0274 e. The van der Waals surface area contributed by atoms with Gasteiger partial charge in [-0.05, 0) is 32.9 Å². The lowest BCUT2D eigenvalue weighted by Gasteiger charge is -2.22. The zero-order valence-electron chi connectivity index (χ0n) is 9.17. The van der Waals surface area contributed by atoms with E-state index in [0.29, 0.717) is 6.04 Å². The third-order valence-electron chi connectivity index (χ3n) is 1.97. The summed E-state index contributed by atoms with van der Waals surface area (Å²) in [6.07, 6.45) is 6.97. The van der Waals surface area contributed by atoms with Crippen LogP contribution in [0.5, 0.6) is 0 Å². The van der Waals surface area contributed by atoms with E-state index in [1.807, 2.05) is 0 Å². The highest BCUT2D eigenvalue weighted by Gasteiger charge is 2.08. The molecule has 0 saturated carbocycles. The Labute approximate surface area is 77.5 Å². The predicted octanol–water partition coefficient (Wildman–Crippen LogP) is 2.93. The standard InChI is InChI=1S/C11H23N/c1-6-7-8-11(12(4)5)9-10(2)3/h7-8,10-11H,6,9H2,1-5H3/b8-7-. The Morgan fingerprint density at radius 2 is 1.83 bits per heavy atom. The molecule has 0 amide bonds. The van der Waals surface area contributed by atoms with Crippen LogP contribution in [0, 0.1) is 5.92 Å². The van der Waals surface area contributed by atoms with E-state index in [4.69, 9.17) is 0 Å². The molecule has 0 aromatic carbocycles. The molecule has 0 fully saturated rings. The smallest absolute Gasteiger partial charge is 0.0274 e. The molecule has 1 heteroatoms. The maximum atomic E-state index is 2.32. The summed E-state index contributed by atoms with van der Waals surface area (Å²) in [7, 11) is 4.29. The van der Waals surface area contributed by atoms with Crippen molar-refractivity contribution in [2.75, 3.05) is 14.1 Å². The van der Waals surface area contributed by atoms with Crippen molar-refractivity contribution in [2.45, 2.75) is 39.7 Å². The molecular formula is C11H23N. The summed E-state index contributed by atoms with van der Waals surface area (Å²) in [6.45, 7) is 6.73. The third kappa shape index (κ3) is 5.36. The number of hydrogen-bond acceptors (Lipinski definition) is 1. The number of likely N-dealkylation sites (N-methyl/N-ethyl adjacent to an activating group) is 1. The van der Waals surface area contributed by atoms with Crippen LogP contribution in [0.1, 0.15) is 33.6 Å². The Hall–Kier alpha value is -0.300. The van der Waals surface area contributed by atoms with Gasteiger partial charge in [0, 0.05) is 6.04 Å². The van der Waals surface area contributed by atoms with E-state index in [-0.39, 0.29) is 0 Å². The number of allylic oxidation sites excluding steroid dienone is 1. The van der Waals surface area contributed by atoms with E-state index in [9.17, 15) is 0 Å². The minimum Gasteiger partial charge on any atom is -0.303 e. The Morgan fingerprint density at radius 3 is 2.17 bits per heavy atom. The van der Waals surface area contributed by atoms with Crippen LogP contribution in [0.15, 0.2) is 12.2 Å². The van der Waals surface area contributed by atoms with Crippen molar-refractivity contribution in [1.82, 2.24) is 4.90 Å². The molecule has 0 aliphatic rings. The predicted molar refractivity (Wildman–Crippen MR) is 56.4 cm³/mol. The van der Waals surface area contributed by atoms with Crippen LogP contribution in [0.4, 0.5) is 0 Å². The van der Waals surface area contributed by atoms with Gasteiger partial charge in [-0.2, -0.15) is 0 Å². The Bertz CT molecular complexity index is 125.